The van der Waals surface area contributed by atoms with Crippen LogP contribution in [0.25, 0.3) is 0 Å². The van der Waals surface area contributed by atoms with Gasteiger partial charge in [-0.2, -0.15) is 0 Å². The molecule has 174 valence electrons. The van der Waals surface area contributed by atoms with E-state index in [9.17, 15) is 4.79 Å². The summed E-state index contributed by atoms with van der Waals surface area (Å²) in [5, 5.41) is 3.05. The van der Waals surface area contributed by atoms with E-state index < -0.39 is 0 Å². The molecule has 0 spiro atoms. The summed E-state index contributed by atoms with van der Waals surface area (Å²) in [7, 11) is 4.21. The zero-order valence-electron chi connectivity index (χ0n) is 20.2. The lowest BCUT2D eigenvalue weighted by molar-refractivity contribution is 0.0569. The molecule has 2 heterocycles. The van der Waals surface area contributed by atoms with Gasteiger partial charge in [0, 0.05) is 49.6 Å². The molecule has 32 heavy (non-hydrogen) atoms. The zero-order chi connectivity index (χ0) is 23.1. The third-order valence-corrected chi connectivity index (χ3v) is 6.51. The first-order valence-corrected chi connectivity index (χ1v) is 11.7. The van der Waals surface area contributed by atoms with E-state index in [-0.39, 0.29) is 5.91 Å². The molecule has 1 unspecified atom stereocenters. The fraction of sp³-hybridized carbons (Fsp3) is 0.538. The number of nitrogens with zero attached hydrogens (tertiary/aromatic N) is 3. The Kier molecular flexibility index (Phi) is 8.65. The molecule has 1 atom stereocenters. The van der Waals surface area contributed by atoms with Crippen molar-refractivity contribution in [2.75, 3.05) is 46.9 Å². The number of amides is 1. The lowest BCUT2D eigenvalue weighted by Crippen LogP contribution is -2.52. The average molecular weight is 439 g/mol. The lowest BCUT2D eigenvalue weighted by atomic mass is 9.91. The SMILES string of the molecule is Cc1c(OCCCCN(C)C)ccc(C(C)N2CC(CNC(=O)c3ccncc3)C2)c1C. The van der Waals surface area contributed by atoms with Gasteiger partial charge in [-0.25, -0.2) is 0 Å². The molecule has 0 saturated carbocycles. The second-order valence-corrected chi connectivity index (χ2v) is 9.20. The predicted molar refractivity (Wildman–Crippen MR) is 129 cm³/mol. The van der Waals surface area contributed by atoms with E-state index in [1.807, 2.05) is 0 Å². The van der Waals surface area contributed by atoms with Crippen molar-refractivity contribution in [2.24, 2.45) is 5.92 Å². The highest BCUT2D eigenvalue weighted by Crippen LogP contribution is 2.34. The molecule has 0 aliphatic carbocycles. The highest BCUT2D eigenvalue weighted by atomic mass is 16.5. The normalized spacial score (nSPS) is 15.4. The van der Waals surface area contributed by atoms with E-state index >= 15 is 0 Å². The fourth-order valence-corrected chi connectivity index (χ4v) is 4.23. The number of hydrogen-bond acceptors (Lipinski definition) is 5. The monoisotopic (exact) mass is 438 g/mol. The maximum atomic E-state index is 12.2. The van der Waals surface area contributed by atoms with Crippen molar-refractivity contribution in [1.29, 1.82) is 0 Å². The Balaban J connectivity index is 1.45. The molecule has 1 amide bonds. The van der Waals surface area contributed by atoms with E-state index in [0.717, 1.165) is 44.8 Å². The summed E-state index contributed by atoms with van der Waals surface area (Å²) < 4.78 is 6.07. The summed E-state index contributed by atoms with van der Waals surface area (Å²) in [6.07, 6.45) is 5.52. The quantitative estimate of drug-likeness (QED) is 0.540. The summed E-state index contributed by atoms with van der Waals surface area (Å²) in [5.41, 5.74) is 4.58. The second-order valence-electron chi connectivity index (χ2n) is 9.20. The highest BCUT2D eigenvalue weighted by Gasteiger charge is 2.32. The molecule has 0 radical (unpaired) electrons. The largest absolute Gasteiger partial charge is 0.493 e. The van der Waals surface area contributed by atoms with Gasteiger partial charge in [-0.15, -0.1) is 0 Å². The van der Waals surface area contributed by atoms with Gasteiger partial charge in [-0.1, -0.05) is 6.07 Å². The number of ether oxygens (including phenoxy) is 1. The van der Waals surface area contributed by atoms with Crippen LogP contribution in [-0.4, -0.2) is 67.6 Å². The number of carbonyl (C=O) groups is 1. The van der Waals surface area contributed by atoms with Crippen LogP contribution < -0.4 is 10.1 Å². The van der Waals surface area contributed by atoms with Crippen molar-refractivity contribution in [3.63, 3.8) is 0 Å². The summed E-state index contributed by atoms with van der Waals surface area (Å²) in [5.74, 6) is 1.47. The van der Waals surface area contributed by atoms with Gasteiger partial charge in [-0.05, 0) is 89.1 Å². The molecule has 1 aliphatic rings. The molecular formula is C26H38N4O2. The van der Waals surface area contributed by atoms with Gasteiger partial charge < -0.3 is 15.0 Å². The maximum absolute atomic E-state index is 12.2. The van der Waals surface area contributed by atoms with Crippen molar-refractivity contribution in [3.05, 3.63) is 58.9 Å². The average Bonchev–Trinajstić information content (AvgIpc) is 2.75. The minimum atomic E-state index is -0.0253. The molecule has 1 aromatic heterocycles. The van der Waals surface area contributed by atoms with Crippen LogP contribution in [0.2, 0.25) is 0 Å². The van der Waals surface area contributed by atoms with Crippen LogP contribution in [0.4, 0.5) is 0 Å². The van der Waals surface area contributed by atoms with Crippen molar-refractivity contribution < 1.29 is 9.53 Å². The highest BCUT2D eigenvalue weighted by molar-refractivity contribution is 5.93. The third kappa shape index (κ3) is 6.30. The molecule has 1 aromatic carbocycles. The number of rotatable bonds is 11. The fourth-order valence-electron chi connectivity index (χ4n) is 4.23. The molecule has 6 heteroatoms. The number of benzene rings is 1. The van der Waals surface area contributed by atoms with Crippen LogP contribution in [0.3, 0.4) is 0 Å². The van der Waals surface area contributed by atoms with Gasteiger partial charge in [0.05, 0.1) is 6.61 Å². The van der Waals surface area contributed by atoms with E-state index in [1.165, 1.54) is 16.7 Å². The van der Waals surface area contributed by atoms with Crippen LogP contribution in [-0.2, 0) is 0 Å². The molecule has 1 aliphatic heterocycles. The van der Waals surface area contributed by atoms with E-state index in [2.05, 4.69) is 67.1 Å². The van der Waals surface area contributed by atoms with Crippen LogP contribution >= 0.6 is 0 Å². The Hall–Kier alpha value is -2.44. The summed E-state index contributed by atoms with van der Waals surface area (Å²) in [4.78, 5) is 20.9. The predicted octanol–water partition coefficient (Wildman–Crippen LogP) is 3.84. The topological polar surface area (TPSA) is 57.7 Å². The summed E-state index contributed by atoms with van der Waals surface area (Å²) >= 11 is 0. The van der Waals surface area contributed by atoms with Gasteiger partial charge in [0.25, 0.3) is 5.91 Å². The van der Waals surface area contributed by atoms with Crippen LogP contribution in [0.15, 0.2) is 36.7 Å². The van der Waals surface area contributed by atoms with Crippen LogP contribution in [0.5, 0.6) is 5.75 Å². The molecule has 1 saturated heterocycles. The molecule has 1 fully saturated rings. The molecule has 0 bridgehead atoms. The zero-order valence-corrected chi connectivity index (χ0v) is 20.2. The number of pyridine rings is 1. The summed E-state index contributed by atoms with van der Waals surface area (Å²) in [6, 6.07) is 8.20. The molecule has 3 rings (SSSR count). The number of carbonyl (C=O) groups excluding carboxylic acids is 1. The minimum Gasteiger partial charge on any atom is -0.493 e. The van der Waals surface area contributed by atoms with Gasteiger partial charge in [0.2, 0.25) is 0 Å². The van der Waals surface area contributed by atoms with Crippen molar-refractivity contribution >= 4 is 5.91 Å². The summed E-state index contributed by atoms with van der Waals surface area (Å²) in [6.45, 7) is 11.2. The Morgan fingerprint density at radius 2 is 1.88 bits per heavy atom. The molecule has 6 nitrogen and oxygen atoms in total. The number of aromatic nitrogens is 1. The van der Waals surface area contributed by atoms with E-state index in [0.29, 0.717) is 24.1 Å². The smallest absolute Gasteiger partial charge is 0.251 e. The Morgan fingerprint density at radius 1 is 1.16 bits per heavy atom. The Morgan fingerprint density at radius 3 is 2.56 bits per heavy atom. The molecular weight excluding hydrogens is 400 g/mol. The van der Waals surface area contributed by atoms with Gasteiger partial charge in [-0.3, -0.25) is 14.7 Å². The van der Waals surface area contributed by atoms with Gasteiger partial charge in [0.15, 0.2) is 0 Å². The number of nitrogens with one attached hydrogen (secondary N) is 1. The number of hydrogen-bond donors (Lipinski definition) is 1. The van der Waals surface area contributed by atoms with E-state index in [1.54, 1.807) is 24.5 Å². The molecule has 1 N–H and O–H groups in total. The van der Waals surface area contributed by atoms with E-state index in [4.69, 9.17) is 4.74 Å². The third-order valence-electron chi connectivity index (χ3n) is 6.51. The number of unbranched alkanes of at least 4 members (excludes halogenated alkanes) is 1. The first kappa shape index (κ1) is 24.2. The van der Waals surface area contributed by atoms with Gasteiger partial charge in [0.1, 0.15) is 5.75 Å². The second kappa shape index (κ2) is 11.4. The van der Waals surface area contributed by atoms with Crippen molar-refractivity contribution in [2.45, 2.75) is 39.7 Å². The molecule has 2 aromatic rings. The van der Waals surface area contributed by atoms with Gasteiger partial charge >= 0.3 is 0 Å². The first-order valence-electron chi connectivity index (χ1n) is 11.7. The van der Waals surface area contributed by atoms with Crippen LogP contribution in [0, 0.1) is 19.8 Å². The lowest BCUT2D eigenvalue weighted by Gasteiger charge is -2.44. The van der Waals surface area contributed by atoms with Crippen molar-refractivity contribution in [3.8, 4) is 5.75 Å². The first-order chi connectivity index (χ1) is 15.4. The van der Waals surface area contributed by atoms with Crippen LogP contribution in [0.1, 0.15) is 52.9 Å². The van der Waals surface area contributed by atoms with Crippen molar-refractivity contribution in [1.82, 2.24) is 20.1 Å². The standard InChI is InChI=1S/C26H38N4O2/c1-19-20(2)25(32-15-7-6-14-29(4)5)9-8-24(19)21(3)30-17-22(18-30)16-28-26(31)23-10-12-27-13-11-23/h8-13,21-22H,6-7,14-18H2,1-5H3,(H,28,31). The Labute approximate surface area is 193 Å². The Bertz CT molecular complexity index is 879. The number of likely N-dealkylation sites (tertiary alicyclic amines) is 1. The minimum absolute atomic E-state index is 0.0253. The maximum Gasteiger partial charge on any atom is 0.251 e.